The third-order valence-electron chi connectivity index (χ3n) is 5.31. The van der Waals surface area contributed by atoms with Crippen molar-refractivity contribution in [1.29, 1.82) is 0 Å². The van der Waals surface area contributed by atoms with Crippen molar-refractivity contribution in [2.75, 3.05) is 6.61 Å². The van der Waals surface area contributed by atoms with Gasteiger partial charge in [-0.25, -0.2) is 4.98 Å². The summed E-state index contributed by atoms with van der Waals surface area (Å²) in [6.45, 7) is 6.96. The van der Waals surface area contributed by atoms with Crippen molar-refractivity contribution in [3.05, 3.63) is 89.2 Å². The summed E-state index contributed by atoms with van der Waals surface area (Å²) in [5, 5.41) is 10.8. The molecule has 1 unspecified atom stereocenters. The topological polar surface area (TPSA) is 56.5 Å². The highest BCUT2D eigenvalue weighted by atomic mass is 16.5. The zero-order chi connectivity index (χ0) is 21.8. The Morgan fingerprint density at radius 3 is 2.42 bits per heavy atom. The molecule has 1 aromatic heterocycles. The number of ether oxygens (including phenoxy) is 2. The fourth-order valence-corrected chi connectivity index (χ4v) is 3.76. The van der Waals surface area contributed by atoms with Crippen molar-refractivity contribution in [1.82, 2.24) is 9.55 Å². The molecule has 0 spiro atoms. The van der Waals surface area contributed by atoms with Crippen molar-refractivity contribution in [3.8, 4) is 11.5 Å². The van der Waals surface area contributed by atoms with Gasteiger partial charge in [-0.05, 0) is 61.7 Å². The lowest BCUT2D eigenvalue weighted by atomic mass is 10.1. The van der Waals surface area contributed by atoms with Gasteiger partial charge in [-0.2, -0.15) is 0 Å². The van der Waals surface area contributed by atoms with Crippen molar-refractivity contribution < 1.29 is 14.6 Å². The van der Waals surface area contributed by atoms with Gasteiger partial charge in [0.05, 0.1) is 17.6 Å². The molecule has 0 bridgehead atoms. The number of aliphatic hydroxyl groups excluding tert-OH is 1. The Balaban J connectivity index is 1.51. The molecule has 3 aromatic carbocycles. The number of hydrogen-bond acceptors (Lipinski definition) is 4. The minimum Gasteiger partial charge on any atom is -0.490 e. The molecule has 0 saturated heterocycles. The largest absolute Gasteiger partial charge is 0.490 e. The maximum Gasteiger partial charge on any atom is 0.148 e. The first-order chi connectivity index (χ1) is 15.0. The fraction of sp³-hybridized carbons (Fsp3) is 0.269. The van der Waals surface area contributed by atoms with Gasteiger partial charge in [-0.3, -0.25) is 0 Å². The molecule has 160 valence electrons. The van der Waals surface area contributed by atoms with Crippen LogP contribution < -0.4 is 9.47 Å². The molecule has 0 aliphatic carbocycles. The highest BCUT2D eigenvalue weighted by Gasteiger charge is 2.16. The van der Waals surface area contributed by atoms with Gasteiger partial charge in [0.2, 0.25) is 0 Å². The number of aryl methyl sites for hydroxylation is 3. The van der Waals surface area contributed by atoms with Crippen LogP contribution in [-0.2, 0) is 13.2 Å². The van der Waals surface area contributed by atoms with Crippen LogP contribution in [-0.4, -0.2) is 27.4 Å². The third-order valence-corrected chi connectivity index (χ3v) is 5.31. The summed E-state index contributed by atoms with van der Waals surface area (Å²) < 4.78 is 14.0. The average Bonchev–Trinajstić information content (AvgIpc) is 3.09. The third kappa shape index (κ3) is 4.89. The number of para-hydroxylation sites is 3. The number of imidazole rings is 1. The van der Waals surface area contributed by atoms with Gasteiger partial charge in [0.1, 0.15) is 36.6 Å². The summed E-state index contributed by atoms with van der Waals surface area (Å²) in [4.78, 5) is 4.74. The first-order valence-electron chi connectivity index (χ1n) is 10.5. The second kappa shape index (κ2) is 9.23. The van der Waals surface area contributed by atoms with Crippen molar-refractivity contribution in [2.24, 2.45) is 0 Å². The second-order valence-electron chi connectivity index (χ2n) is 7.92. The molecule has 31 heavy (non-hydrogen) atoms. The van der Waals surface area contributed by atoms with Crippen LogP contribution in [0, 0.1) is 20.8 Å². The van der Waals surface area contributed by atoms with Gasteiger partial charge < -0.3 is 19.1 Å². The first kappa shape index (κ1) is 20.9. The Hall–Kier alpha value is -3.31. The molecule has 0 amide bonds. The number of benzene rings is 3. The molecule has 0 fully saturated rings. The van der Waals surface area contributed by atoms with E-state index < -0.39 is 6.10 Å². The maximum absolute atomic E-state index is 10.8. The average molecular weight is 417 g/mol. The van der Waals surface area contributed by atoms with E-state index in [4.69, 9.17) is 14.5 Å². The summed E-state index contributed by atoms with van der Waals surface area (Å²) in [7, 11) is 0. The van der Waals surface area contributed by atoms with E-state index in [2.05, 4.69) is 0 Å². The van der Waals surface area contributed by atoms with Crippen LogP contribution in [0.3, 0.4) is 0 Å². The van der Waals surface area contributed by atoms with Gasteiger partial charge in [0.25, 0.3) is 0 Å². The van der Waals surface area contributed by atoms with Gasteiger partial charge in [-0.1, -0.05) is 42.5 Å². The van der Waals surface area contributed by atoms with Crippen LogP contribution in [0.2, 0.25) is 0 Å². The molecule has 5 nitrogen and oxygen atoms in total. The molecule has 5 heteroatoms. The van der Waals surface area contributed by atoms with E-state index in [0.717, 1.165) is 45.0 Å². The molecular formula is C26H28N2O3. The van der Waals surface area contributed by atoms with Gasteiger partial charge in [-0.15, -0.1) is 0 Å². The van der Waals surface area contributed by atoms with Gasteiger partial charge in [0, 0.05) is 0 Å². The van der Waals surface area contributed by atoms with E-state index in [1.807, 2.05) is 92.1 Å². The predicted molar refractivity (Wildman–Crippen MR) is 123 cm³/mol. The SMILES string of the molecule is Cc1cccc(OCc2nc3ccccc3n2CC(O)COc2c(C)cccc2C)c1. The monoisotopic (exact) mass is 416 g/mol. The number of fused-ring (bicyclic) bond motifs is 1. The summed E-state index contributed by atoms with van der Waals surface area (Å²) in [5.74, 6) is 2.41. The number of hydrogen-bond donors (Lipinski definition) is 1. The van der Waals surface area contributed by atoms with Crippen LogP contribution in [0.25, 0.3) is 11.0 Å². The minimum atomic E-state index is -0.686. The summed E-state index contributed by atoms with van der Waals surface area (Å²) >= 11 is 0. The van der Waals surface area contributed by atoms with Crippen molar-refractivity contribution in [2.45, 2.75) is 40.0 Å². The van der Waals surface area contributed by atoms with Crippen LogP contribution >= 0.6 is 0 Å². The minimum absolute atomic E-state index is 0.205. The Kier molecular flexibility index (Phi) is 6.23. The molecule has 4 rings (SSSR count). The van der Waals surface area contributed by atoms with Crippen molar-refractivity contribution >= 4 is 11.0 Å². The van der Waals surface area contributed by atoms with Crippen LogP contribution in [0.5, 0.6) is 11.5 Å². The molecule has 4 aromatic rings. The molecular weight excluding hydrogens is 388 g/mol. The fourth-order valence-electron chi connectivity index (χ4n) is 3.76. The summed E-state index contributed by atoms with van der Waals surface area (Å²) in [5.41, 5.74) is 5.12. The lowest BCUT2D eigenvalue weighted by Crippen LogP contribution is -2.25. The Morgan fingerprint density at radius 1 is 0.903 bits per heavy atom. The summed E-state index contributed by atoms with van der Waals surface area (Å²) in [6.07, 6.45) is -0.686. The molecule has 1 atom stereocenters. The van der Waals surface area contributed by atoms with E-state index in [9.17, 15) is 5.11 Å². The lowest BCUT2D eigenvalue weighted by Gasteiger charge is -2.18. The second-order valence-corrected chi connectivity index (χ2v) is 7.92. The van der Waals surface area contributed by atoms with Crippen LogP contribution in [0.4, 0.5) is 0 Å². The molecule has 0 radical (unpaired) electrons. The van der Waals surface area contributed by atoms with Crippen LogP contribution in [0.1, 0.15) is 22.5 Å². The first-order valence-corrected chi connectivity index (χ1v) is 10.5. The zero-order valence-corrected chi connectivity index (χ0v) is 18.2. The van der Waals surface area contributed by atoms with E-state index in [1.165, 1.54) is 0 Å². The standard InChI is InChI=1S/C26H28N2O3/c1-18-8-6-11-22(14-18)30-17-25-27-23-12-4-5-13-24(23)28(25)15-21(29)16-31-26-19(2)9-7-10-20(26)3/h4-14,21,29H,15-17H2,1-3H3. The van der Waals surface area contributed by atoms with E-state index in [1.54, 1.807) is 0 Å². The van der Waals surface area contributed by atoms with Gasteiger partial charge in [0.15, 0.2) is 0 Å². The van der Waals surface area contributed by atoms with E-state index >= 15 is 0 Å². The Bertz CT molecular complexity index is 1160. The number of rotatable bonds is 8. The number of nitrogens with zero attached hydrogens (tertiary/aromatic N) is 2. The van der Waals surface area contributed by atoms with E-state index in [-0.39, 0.29) is 6.61 Å². The molecule has 1 N–H and O–H groups in total. The van der Waals surface area contributed by atoms with E-state index in [0.29, 0.717) is 13.2 Å². The van der Waals surface area contributed by atoms with Crippen molar-refractivity contribution in [3.63, 3.8) is 0 Å². The quantitative estimate of drug-likeness (QED) is 0.440. The molecule has 0 aliphatic rings. The maximum atomic E-state index is 10.8. The Labute approximate surface area is 182 Å². The summed E-state index contributed by atoms with van der Waals surface area (Å²) in [6, 6.07) is 21.9. The Morgan fingerprint density at radius 2 is 1.65 bits per heavy atom. The van der Waals surface area contributed by atoms with Gasteiger partial charge >= 0.3 is 0 Å². The molecule has 0 saturated carbocycles. The number of aromatic nitrogens is 2. The lowest BCUT2D eigenvalue weighted by molar-refractivity contribution is 0.0911. The molecule has 1 heterocycles. The smallest absolute Gasteiger partial charge is 0.148 e. The van der Waals surface area contributed by atoms with Crippen LogP contribution in [0.15, 0.2) is 66.7 Å². The predicted octanol–water partition coefficient (Wildman–Crippen LogP) is 4.98. The normalized spacial score (nSPS) is 12.1. The zero-order valence-electron chi connectivity index (χ0n) is 18.2. The highest BCUT2D eigenvalue weighted by Crippen LogP contribution is 2.23. The number of aliphatic hydroxyl groups is 1. The molecule has 0 aliphatic heterocycles. The highest BCUT2D eigenvalue weighted by molar-refractivity contribution is 5.75.